The molecule has 0 bridgehead atoms. The van der Waals surface area contributed by atoms with Gasteiger partial charge in [0.15, 0.2) is 0 Å². The van der Waals surface area contributed by atoms with E-state index in [9.17, 15) is 4.79 Å². The maximum absolute atomic E-state index is 10.9. The summed E-state index contributed by atoms with van der Waals surface area (Å²) in [5, 5.41) is 8.98. The molecule has 0 aromatic carbocycles. The van der Waals surface area contributed by atoms with Crippen molar-refractivity contribution in [1.82, 2.24) is 9.97 Å². The zero-order chi connectivity index (χ0) is 13.3. The number of aromatic carboxylic acids is 1. The van der Waals surface area contributed by atoms with Crippen molar-refractivity contribution in [3.63, 3.8) is 0 Å². The summed E-state index contributed by atoms with van der Waals surface area (Å²) >= 11 is 0. The van der Waals surface area contributed by atoms with Gasteiger partial charge in [0.25, 0.3) is 0 Å². The lowest BCUT2D eigenvalue weighted by Gasteiger charge is -2.39. The molecule has 2 heterocycles. The van der Waals surface area contributed by atoms with Crippen molar-refractivity contribution in [3.8, 4) is 0 Å². The minimum absolute atomic E-state index is 0.177. The number of aryl methyl sites for hydroxylation is 1. The van der Waals surface area contributed by atoms with Crippen LogP contribution in [0, 0.1) is 6.92 Å². The van der Waals surface area contributed by atoms with E-state index in [-0.39, 0.29) is 5.56 Å². The van der Waals surface area contributed by atoms with Crippen molar-refractivity contribution in [3.05, 3.63) is 17.5 Å². The minimum atomic E-state index is -0.973. The molecule has 5 nitrogen and oxygen atoms in total. The van der Waals surface area contributed by atoms with Gasteiger partial charge in [0, 0.05) is 18.3 Å². The molecule has 1 N–H and O–H groups in total. The Kier molecular flexibility index (Phi) is 3.50. The lowest BCUT2D eigenvalue weighted by Crippen LogP contribution is -2.44. The molecular weight excluding hydrogens is 230 g/mol. The molecule has 1 aliphatic rings. The molecule has 0 spiro atoms. The average molecular weight is 249 g/mol. The second kappa shape index (κ2) is 4.92. The summed E-state index contributed by atoms with van der Waals surface area (Å²) in [5.41, 5.74) is 0.702. The third-order valence-electron chi connectivity index (χ3n) is 3.62. The highest BCUT2D eigenvalue weighted by molar-refractivity contribution is 5.88. The highest BCUT2D eigenvalue weighted by atomic mass is 16.4. The number of aromatic nitrogens is 2. The van der Waals surface area contributed by atoms with Gasteiger partial charge >= 0.3 is 5.97 Å². The van der Waals surface area contributed by atoms with Crippen LogP contribution in [-0.2, 0) is 0 Å². The first-order valence-corrected chi connectivity index (χ1v) is 6.36. The Bertz CT molecular complexity index is 452. The molecule has 0 aliphatic carbocycles. The number of rotatable bonds is 2. The monoisotopic (exact) mass is 249 g/mol. The minimum Gasteiger partial charge on any atom is -0.478 e. The van der Waals surface area contributed by atoms with Crippen LogP contribution in [0.2, 0.25) is 0 Å². The second-order valence-electron chi connectivity index (χ2n) is 5.01. The summed E-state index contributed by atoms with van der Waals surface area (Å²) < 4.78 is 0. The smallest absolute Gasteiger partial charge is 0.339 e. The second-order valence-corrected chi connectivity index (χ2v) is 5.01. The lowest BCUT2D eigenvalue weighted by molar-refractivity contribution is 0.0695. The first-order chi connectivity index (χ1) is 8.50. The quantitative estimate of drug-likeness (QED) is 0.870. The first-order valence-electron chi connectivity index (χ1n) is 6.36. The molecule has 0 saturated carbocycles. The summed E-state index contributed by atoms with van der Waals surface area (Å²) in [7, 11) is 0. The van der Waals surface area contributed by atoms with E-state index in [4.69, 9.17) is 5.11 Å². The van der Waals surface area contributed by atoms with E-state index in [0.717, 1.165) is 12.8 Å². The average Bonchev–Trinajstić information content (AvgIpc) is 2.28. The molecule has 0 amide bonds. The Morgan fingerprint density at radius 2 is 2.00 bits per heavy atom. The molecule has 18 heavy (non-hydrogen) atoms. The predicted octanol–water partition coefficient (Wildman–Crippen LogP) is 2.25. The molecule has 98 valence electrons. The van der Waals surface area contributed by atoms with Gasteiger partial charge < -0.3 is 10.0 Å². The molecule has 0 radical (unpaired) electrons. The maximum Gasteiger partial charge on any atom is 0.339 e. The van der Waals surface area contributed by atoms with Crippen LogP contribution in [-0.4, -0.2) is 33.1 Å². The van der Waals surface area contributed by atoms with Gasteiger partial charge in [0.1, 0.15) is 0 Å². The molecule has 1 aromatic heterocycles. The van der Waals surface area contributed by atoms with Crippen LogP contribution < -0.4 is 4.90 Å². The van der Waals surface area contributed by atoms with Crippen molar-refractivity contribution in [1.29, 1.82) is 0 Å². The number of anilines is 1. The molecule has 1 aliphatic heterocycles. The van der Waals surface area contributed by atoms with Gasteiger partial charge in [-0.15, -0.1) is 0 Å². The fourth-order valence-electron chi connectivity index (χ4n) is 2.60. The predicted molar refractivity (Wildman–Crippen MR) is 69.0 cm³/mol. The molecule has 5 heteroatoms. The number of piperidine rings is 1. The third kappa shape index (κ3) is 2.30. The van der Waals surface area contributed by atoms with E-state index in [1.165, 1.54) is 12.6 Å². The van der Waals surface area contributed by atoms with Gasteiger partial charge in [-0.05, 0) is 40.0 Å². The molecule has 2 rings (SSSR count). The fourth-order valence-corrected chi connectivity index (χ4v) is 2.60. The summed E-state index contributed by atoms with van der Waals surface area (Å²) in [6.45, 7) is 6.05. The van der Waals surface area contributed by atoms with E-state index >= 15 is 0 Å². The Morgan fingerprint density at radius 3 is 2.50 bits per heavy atom. The van der Waals surface area contributed by atoms with E-state index < -0.39 is 5.97 Å². The Morgan fingerprint density at radius 1 is 1.39 bits per heavy atom. The molecule has 1 aromatic rings. The van der Waals surface area contributed by atoms with E-state index in [0.29, 0.717) is 23.7 Å². The standard InChI is InChI=1S/C13H19N3O2/c1-8-5-4-6-9(2)16(8)13-14-7-11(12(17)18)10(3)15-13/h7-9H,4-6H2,1-3H3,(H,17,18)/t8-,9-/m1/s1. The van der Waals surface area contributed by atoms with Crippen molar-refractivity contribution in [2.75, 3.05) is 4.90 Å². The maximum atomic E-state index is 10.9. The van der Waals surface area contributed by atoms with E-state index in [2.05, 4.69) is 28.7 Å². The lowest BCUT2D eigenvalue weighted by atomic mass is 9.98. The van der Waals surface area contributed by atoms with Crippen molar-refractivity contribution < 1.29 is 9.90 Å². The van der Waals surface area contributed by atoms with Crippen LogP contribution >= 0.6 is 0 Å². The largest absolute Gasteiger partial charge is 0.478 e. The van der Waals surface area contributed by atoms with Crippen molar-refractivity contribution in [2.45, 2.75) is 52.1 Å². The van der Waals surface area contributed by atoms with Crippen molar-refractivity contribution in [2.24, 2.45) is 0 Å². The Hall–Kier alpha value is -1.65. The first kappa shape index (κ1) is 12.8. The number of carboxylic acids is 1. The number of carbonyl (C=O) groups is 1. The topological polar surface area (TPSA) is 66.3 Å². The number of hydrogen-bond acceptors (Lipinski definition) is 4. The molecule has 1 saturated heterocycles. The van der Waals surface area contributed by atoms with Gasteiger partial charge in [-0.2, -0.15) is 0 Å². The number of nitrogens with zero attached hydrogens (tertiary/aromatic N) is 3. The van der Waals surface area contributed by atoms with Crippen LogP contribution in [0.3, 0.4) is 0 Å². The van der Waals surface area contributed by atoms with Gasteiger partial charge in [-0.3, -0.25) is 0 Å². The van der Waals surface area contributed by atoms with Crippen LogP contribution in [0.5, 0.6) is 0 Å². The van der Waals surface area contributed by atoms with Crippen LogP contribution in [0.15, 0.2) is 6.20 Å². The molecule has 2 atom stereocenters. The van der Waals surface area contributed by atoms with Gasteiger partial charge in [0.05, 0.1) is 11.3 Å². The Balaban J connectivity index is 2.33. The summed E-state index contributed by atoms with van der Waals surface area (Å²) in [6, 6.07) is 0.813. The van der Waals surface area contributed by atoms with E-state index in [1.807, 2.05) is 0 Å². The molecular formula is C13H19N3O2. The normalized spacial score (nSPS) is 24.1. The molecule has 1 fully saturated rings. The SMILES string of the molecule is Cc1nc(N2[C@H](C)CCC[C@H]2C)ncc1C(=O)O. The summed E-state index contributed by atoms with van der Waals surface area (Å²) in [6.07, 6.45) is 4.90. The van der Waals surface area contributed by atoms with E-state index in [1.54, 1.807) is 6.92 Å². The highest BCUT2D eigenvalue weighted by Crippen LogP contribution is 2.26. The van der Waals surface area contributed by atoms with Gasteiger partial charge in [-0.25, -0.2) is 14.8 Å². The third-order valence-corrected chi connectivity index (χ3v) is 3.62. The molecule has 0 unspecified atom stereocenters. The summed E-state index contributed by atoms with van der Waals surface area (Å²) in [4.78, 5) is 21.7. The number of carboxylic acid groups (broad SMARTS) is 1. The zero-order valence-electron chi connectivity index (χ0n) is 11.1. The van der Waals surface area contributed by atoms with Crippen LogP contribution in [0.1, 0.15) is 49.2 Å². The van der Waals surface area contributed by atoms with Gasteiger partial charge in [-0.1, -0.05) is 0 Å². The van der Waals surface area contributed by atoms with Crippen LogP contribution in [0.25, 0.3) is 0 Å². The number of hydrogen-bond donors (Lipinski definition) is 1. The fraction of sp³-hybridized carbons (Fsp3) is 0.615. The van der Waals surface area contributed by atoms with Crippen molar-refractivity contribution >= 4 is 11.9 Å². The Labute approximate surface area is 107 Å². The summed E-state index contributed by atoms with van der Waals surface area (Å²) in [5.74, 6) is -0.323. The van der Waals surface area contributed by atoms with Gasteiger partial charge in [0.2, 0.25) is 5.95 Å². The zero-order valence-corrected chi connectivity index (χ0v) is 11.1. The highest BCUT2D eigenvalue weighted by Gasteiger charge is 2.27. The van der Waals surface area contributed by atoms with Crippen LogP contribution in [0.4, 0.5) is 5.95 Å².